The zero-order valence-corrected chi connectivity index (χ0v) is 14.6. The fourth-order valence-corrected chi connectivity index (χ4v) is 3.44. The van der Waals surface area contributed by atoms with Gasteiger partial charge in [-0.25, -0.2) is 14.3 Å². The van der Waals surface area contributed by atoms with Crippen molar-refractivity contribution in [1.29, 1.82) is 5.26 Å². The lowest BCUT2D eigenvalue weighted by molar-refractivity contribution is -0.384. The molecule has 1 fully saturated rings. The van der Waals surface area contributed by atoms with E-state index >= 15 is 0 Å². The summed E-state index contributed by atoms with van der Waals surface area (Å²) in [6, 6.07) is 9.91. The first-order valence-electron chi connectivity index (χ1n) is 7.42. The number of nitriles is 1. The number of anilines is 1. The second-order valence-corrected chi connectivity index (χ2v) is 6.80. The van der Waals surface area contributed by atoms with Crippen molar-refractivity contribution in [1.82, 2.24) is 14.3 Å². The summed E-state index contributed by atoms with van der Waals surface area (Å²) in [5, 5.41) is 19.9. The molecular formula is C15H13ClN6O2S. The Hall–Kier alpha value is -2.41. The van der Waals surface area contributed by atoms with Crippen LogP contribution in [0.1, 0.15) is 5.69 Å². The van der Waals surface area contributed by atoms with Gasteiger partial charge < -0.3 is 4.90 Å². The van der Waals surface area contributed by atoms with Crippen molar-refractivity contribution >= 4 is 35.2 Å². The Bertz CT molecular complexity index is 818. The van der Waals surface area contributed by atoms with Crippen LogP contribution in [0.25, 0.3) is 0 Å². The highest BCUT2D eigenvalue weighted by Gasteiger charge is 2.21. The third-order valence-corrected chi connectivity index (χ3v) is 4.90. The van der Waals surface area contributed by atoms with E-state index in [1.807, 2.05) is 11.0 Å². The van der Waals surface area contributed by atoms with Crippen LogP contribution in [0.15, 0.2) is 35.2 Å². The monoisotopic (exact) mass is 376 g/mol. The molecule has 10 heteroatoms. The lowest BCUT2D eigenvalue weighted by atomic mass is 10.3. The first kappa shape index (κ1) is 17.4. The molecule has 0 amide bonds. The van der Waals surface area contributed by atoms with E-state index in [1.54, 1.807) is 24.1 Å². The number of piperazine rings is 1. The zero-order chi connectivity index (χ0) is 17.8. The van der Waals surface area contributed by atoms with Gasteiger partial charge >= 0.3 is 0 Å². The van der Waals surface area contributed by atoms with Crippen LogP contribution in [0.4, 0.5) is 11.6 Å². The summed E-state index contributed by atoms with van der Waals surface area (Å²) in [7, 11) is 0. The number of non-ortho nitro benzene ring substituents is 1. The van der Waals surface area contributed by atoms with E-state index < -0.39 is 4.92 Å². The Kier molecular flexibility index (Phi) is 5.33. The van der Waals surface area contributed by atoms with Crippen molar-refractivity contribution in [3.05, 3.63) is 51.3 Å². The molecule has 3 rings (SSSR count). The average molecular weight is 377 g/mol. The van der Waals surface area contributed by atoms with Crippen molar-refractivity contribution < 1.29 is 4.92 Å². The molecular weight excluding hydrogens is 364 g/mol. The maximum Gasteiger partial charge on any atom is 0.269 e. The van der Waals surface area contributed by atoms with Gasteiger partial charge in [-0.2, -0.15) is 5.26 Å². The summed E-state index contributed by atoms with van der Waals surface area (Å²) in [4.78, 5) is 21.6. The van der Waals surface area contributed by atoms with E-state index in [9.17, 15) is 10.1 Å². The van der Waals surface area contributed by atoms with Gasteiger partial charge in [-0.05, 0) is 24.1 Å². The summed E-state index contributed by atoms with van der Waals surface area (Å²) in [6.45, 7) is 2.93. The van der Waals surface area contributed by atoms with Crippen LogP contribution in [0, 0.1) is 21.4 Å². The largest absolute Gasteiger partial charge is 0.338 e. The molecule has 8 nitrogen and oxygen atoms in total. The number of nitrogens with zero attached hydrogens (tertiary/aromatic N) is 6. The molecule has 1 aliphatic rings. The molecule has 2 heterocycles. The molecule has 0 radical (unpaired) electrons. The highest BCUT2D eigenvalue weighted by atomic mass is 35.5. The van der Waals surface area contributed by atoms with Crippen LogP contribution in [-0.2, 0) is 0 Å². The minimum Gasteiger partial charge on any atom is -0.338 e. The van der Waals surface area contributed by atoms with Gasteiger partial charge in [0, 0.05) is 49.3 Å². The molecule has 0 unspecified atom stereocenters. The lowest BCUT2D eigenvalue weighted by Gasteiger charge is -2.33. The predicted octanol–water partition coefficient (Wildman–Crippen LogP) is 2.74. The molecule has 2 aromatic rings. The molecule has 0 spiro atoms. The minimum atomic E-state index is -0.409. The first-order valence-corrected chi connectivity index (χ1v) is 8.57. The molecule has 1 aromatic carbocycles. The molecule has 0 atom stereocenters. The van der Waals surface area contributed by atoms with Gasteiger partial charge in [-0.1, -0.05) is 11.6 Å². The second kappa shape index (κ2) is 7.65. The third-order valence-electron chi connectivity index (χ3n) is 3.60. The first-order chi connectivity index (χ1) is 12.0. The number of nitro benzene ring substituents is 1. The fourth-order valence-electron chi connectivity index (χ4n) is 2.36. The summed E-state index contributed by atoms with van der Waals surface area (Å²) >= 11 is 7.49. The quantitative estimate of drug-likeness (QED) is 0.347. The summed E-state index contributed by atoms with van der Waals surface area (Å²) in [5.74, 6) is 0.462. The van der Waals surface area contributed by atoms with Gasteiger partial charge in [0.05, 0.1) is 4.92 Å². The third kappa shape index (κ3) is 4.36. The molecule has 0 aliphatic carbocycles. The van der Waals surface area contributed by atoms with Gasteiger partial charge in [-0.15, -0.1) is 0 Å². The van der Waals surface area contributed by atoms with Crippen molar-refractivity contribution in [3.8, 4) is 6.07 Å². The lowest BCUT2D eigenvalue weighted by Crippen LogP contribution is -2.44. The summed E-state index contributed by atoms with van der Waals surface area (Å²) < 4.78 is 2.17. The average Bonchev–Trinajstić information content (AvgIpc) is 2.62. The highest BCUT2D eigenvalue weighted by molar-refractivity contribution is 7.97. The second-order valence-electron chi connectivity index (χ2n) is 5.25. The van der Waals surface area contributed by atoms with E-state index in [0.29, 0.717) is 19.0 Å². The number of halogens is 1. The maximum absolute atomic E-state index is 10.7. The van der Waals surface area contributed by atoms with E-state index in [-0.39, 0.29) is 16.5 Å². The van der Waals surface area contributed by atoms with Crippen LogP contribution in [0.3, 0.4) is 0 Å². The standard InChI is InChI=1S/C15H13ClN6O2S/c16-14-9-11(10-17)18-15(19-14)20-5-7-21(8-6-20)25-13-3-1-12(2-4-13)22(23)24/h1-4,9H,5-8H2. The molecule has 25 heavy (non-hydrogen) atoms. The fraction of sp³-hybridized carbons (Fsp3) is 0.267. The van der Waals surface area contributed by atoms with Crippen molar-refractivity contribution in [3.63, 3.8) is 0 Å². The van der Waals surface area contributed by atoms with Gasteiger partial charge in [0.15, 0.2) is 0 Å². The topological polar surface area (TPSA) is 99.2 Å². The number of aromatic nitrogens is 2. The Morgan fingerprint density at radius 3 is 2.48 bits per heavy atom. The van der Waals surface area contributed by atoms with E-state index in [4.69, 9.17) is 16.9 Å². The van der Waals surface area contributed by atoms with Crippen LogP contribution in [0.2, 0.25) is 5.15 Å². The van der Waals surface area contributed by atoms with Crippen LogP contribution < -0.4 is 4.90 Å². The Balaban J connectivity index is 1.59. The number of hydrogen-bond acceptors (Lipinski definition) is 8. The van der Waals surface area contributed by atoms with Crippen LogP contribution in [-0.4, -0.2) is 45.4 Å². The van der Waals surface area contributed by atoms with Crippen molar-refractivity contribution in [2.45, 2.75) is 4.90 Å². The number of benzene rings is 1. The number of nitro groups is 1. The molecule has 1 aliphatic heterocycles. The van der Waals surface area contributed by atoms with Crippen LogP contribution in [0.5, 0.6) is 0 Å². The van der Waals surface area contributed by atoms with E-state index in [1.165, 1.54) is 18.2 Å². The SMILES string of the molecule is N#Cc1cc(Cl)nc(N2CCN(Sc3ccc([N+](=O)[O-])cc3)CC2)n1. The minimum absolute atomic E-state index is 0.0839. The predicted molar refractivity (Wildman–Crippen MR) is 94.5 cm³/mol. The molecule has 0 bridgehead atoms. The van der Waals surface area contributed by atoms with Gasteiger partial charge in [0.1, 0.15) is 16.9 Å². The molecule has 0 saturated carbocycles. The summed E-state index contributed by atoms with van der Waals surface area (Å²) in [5.41, 5.74) is 0.332. The Morgan fingerprint density at radius 2 is 1.88 bits per heavy atom. The normalized spacial score (nSPS) is 15.0. The highest BCUT2D eigenvalue weighted by Crippen LogP contribution is 2.26. The van der Waals surface area contributed by atoms with Crippen molar-refractivity contribution in [2.24, 2.45) is 0 Å². The molecule has 1 saturated heterocycles. The molecule has 1 aromatic heterocycles. The van der Waals surface area contributed by atoms with Gasteiger partial charge in [0.25, 0.3) is 5.69 Å². The number of rotatable bonds is 4. The molecule has 0 N–H and O–H groups in total. The Labute approximate surface area is 153 Å². The van der Waals surface area contributed by atoms with Gasteiger partial charge in [0.2, 0.25) is 5.95 Å². The van der Waals surface area contributed by atoms with E-state index in [2.05, 4.69) is 14.3 Å². The summed E-state index contributed by atoms with van der Waals surface area (Å²) in [6.07, 6.45) is 0. The van der Waals surface area contributed by atoms with Gasteiger partial charge in [-0.3, -0.25) is 10.1 Å². The smallest absolute Gasteiger partial charge is 0.269 e. The number of hydrogen-bond donors (Lipinski definition) is 0. The Morgan fingerprint density at radius 1 is 1.20 bits per heavy atom. The van der Waals surface area contributed by atoms with Crippen LogP contribution >= 0.6 is 23.5 Å². The van der Waals surface area contributed by atoms with Crippen molar-refractivity contribution in [2.75, 3.05) is 31.1 Å². The zero-order valence-electron chi connectivity index (χ0n) is 13.0. The maximum atomic E-state index is 10.7. The molecule has 128 valence electrons. The van der Waals surface area contributed by atoms with E-state index in [0.717, 1.165) is 18.0 Å².